The zero-order valence-corrected chi connectivity index (χ0v) is 23.0. The van der Waals surface area contributed by atoms with Crippen molar-refractivity contribution in [2.24, 2.45) is 0 Å². The van der Waals surface area contributed by atoms with Crippen LogP contribution in [0.4, 0.5) is 0 Å². The Balaban J connectivity index is 1.31. The molecule has 0 heterocycles. The summed E-state index contributed by atoms with van der Waals surface area (Å²) in [6.07, 6.45) is 0. The molecule has 0 aliphatic rings. The van der Waals surface area contributed by atoms with E-state index in [1.54, 1.807) is 6.07 Å². The minimum atomic E-state index is 0.275. The van der Waals surface area contributed by atoms with Crippen molar-refractivity contribution in [2.45, 2.75) is 6.92 Å². The summed E-state index contributed by atoms with van der Waals surface area (Å²) in [5.74, 6) is 0.275. The van der Waals surface area contributed by atoms with E-state index in [0.717, 1.165) is 32.3 Å². The summed E-state index contributed by atoms with van der Waals surface area (Å²) in [5, 5.41) is 18.3. The Labute approximate surface area is 236 Å². The number of aryl methyl sites for hydroxylation is 1. The first kappa shape index (κ1) is 23.7. The predicted octanol–water partition coefficient (Wildman–Crippen LogP) is 10.9. The maximum Gasteiger partial charge on any atom is 0.124 e. The van der Waals surface area contributed by atoms with Gasteiger partial charge in [0.25, 0.3) is 0 Å². The van der Waals surface area contributed by atoms with E-state index in [9.17, 15) is 5.11 Å². The first-order chi connectivity index (χ1) is 19.1. The molecule has 0 spiro atoms. The number of aromatic hydroxyl groups is 1. The Morgan fingerprint density at radius 1 is 0.462 bits per heavy atom. The number of hydrogen-bond donors (Lipinski definition) is 1. The third kappa shape index (κ3) is 4.00. The van der Waals surface area contributed by atoms with Gasteiger partial charge in [0, 0.05) is 10.0 Å². The summed E-state index contributed by atoms with van der Waals surface area (Å²) >= 11 is 3.62. The molecule has 0 fully saturated rings. The van der Waals surface area contributed by atoms with Crippen molar-refractivity contribution in [3.05, 3.63) is 137 Å². The Kier molecular flexibility index (Phi) is 5.72. The minimum Gasteiger partial charge on any atom is -0.507 e. The number of phenols is 1. The molecule has 1 N–H and O–H groups in total. The predicted molar refractivity (Wildman–Crippen MR) is 169 cm³/mol. The van der Waals surface area contributed by atoms with E-state index < -0.39 is 0 Å². The highest BCUT2D eigenvalue weighted by Gasteiger charge is 2.13. The first-order valence-corrected chi connectivity index (χ1v) is 13.9. The Bertz CT molecular complexity index is 1980. The fraction of sp³-hybridized carbons (Fsp3) is 0.0270. The minimum absolute atomic E-state index is 0.275. The van der Waals surface area contributed by atoms with Crippen molar-refractivity contribution < 1.29 is 5.11 Å². The van der Waals surface area contributed by atoms with E-state index in [-0.39, 0.29) is 5.75 Å². The van der Waals surface area contributed by atoms with Gasteiger partial charge >= 0.3 is 0 Å². The van der Waals surface area contributed by atoms with Crippen LogP contribution in [0.1, 0.15) is 5.56 Å². The standard InChI is InChI=1S/C37H25BrO/c1-23-13-14-26(21-33(23)37-35(38)11-6-12-36(37)39)24-15-17-25(18-16-24)27-19-20-32-30-9-3-2-7-28(30)29-8-4-5-10-31(29)34(32)22-27/h2-22,39H,1H3. The summed E-state index contributed by atoms with van der Waals surface area (Å²) in [5.41, 5.74) is 7.62. The van der Waals surface area contributed by atoms with Crippen LogP contribution in [0, 0.1) is 6.92 Å². The van der Waals surface area contributed by atoms with Gasteiger partial charge < -0.3 is 5.11 Å². The van der Waals surface area contributed by atoms with Gasteiger partial charge in [0.2, 0.25) is 0 Å². The zero-order chi connectivity index (χ0) is 26.5. The first-order valence-electron chi connectivity index (χ1n) is 13.1. The quantitative estimate of drug-likeness (QED) is 0.211. The monoisotopic (exact) mass is 564 g/mol. The lowest BCUT2D eigenvalue weighted by Gasteiger charge is -2.14. The molecule has 0 aromatic heterocycles. The Morgan fingerprint density at radius 2 is 0.949 bits per heavy atom. The molecule has 0 aliphatic carbocycles. The number of halogens is 1. The molecule has 0 amide bonds. The highest BCUT2D eigenvalue weighted by atomic mass is 79.9. The van der Waals surface area contributed by atoms with Gasteiger partial charge in [-0.2, -0.15) is 0 Å². The van der Waals surface area contributed by atoms with Gasteiger partial charge in [-0.3, -0.25) is 0 Å². The van der Waals surface area contributed by atoms with Crippen molar-refractivity contribution in [3.63, 3.8) is 0 Å². The largest absolute Gasteiger partial charge is 0.507 e. The third-order valence-electron chi connectivity index (χ3n) is 7.79. The second-order valence-electron chi connectivity index (χ2n) is 10.1. The van der Waals surface area contributed by atoms with Crippen LogP contribution in [0.5, 0.6) is 5.75 Å². The van der Waals surface area contributed by atoms with E-state index in [0.29, 0.717) is 0 Å². The number of rotatable bonds is 3. The van der Waals surface area contributed by atoms with Crippen molar-refractivity contribution in [1.82, 2.24) is 0 Å². The van der Waals surface area contributed by atoms with Crippen LogP contribution in [0.3, 0.4) is 0 Å². The van der Waals surface area contributed by atoms with Crippen LogP contribution >= 0.6 is 15.9 Å². The molecule has 186 valence electrons. The summed E-state index contributed by atoms with van der Waals surface area (Å²) in [6.45, 7) is 2.08. The molecule has 0 bridgehead atoms. The highest BCUT2D eigenvalue weighted by molar-refractivity contribution is 9.10. The van der Waals surface area contributed by atoms with Gasteiger partial charge in [-0.05, 0) is 96.9 Å². The molecule has 1 nitrogen and oxygen atoms in total. The fourth-order valence-electron chi connectivity index (χ4n) is 5.79. The van der Waals surface area contributed by atoms with Crippen molar-refractivity contribution in [2.75, 3.05) is 0 Å². The van der Waals surface area contributed by atoms with Crippen LogP contribution in [0.25, 0.3) is 65.7 Å². The molecular weight excluding hydrogens is 540 g/mol. The van der Waals surface area contributed by atoms with Gasteiger partial charge in [-0.1, -0.05) is 119 Å². The second kappa shape index (κ2) is 9.41. The molecule has 0 saturated heterocycles. The maximum atomic E-state index is 10.6. The number of fused-ring (bicyclic) bond motifs is 6. The molecule has 7 rings (SSSR count). The maximum absolute atomic E-state index is 10.6. The van der Waals surface area contributed by atoms with E-state index >= 15 is 0 Å². The van der Waals surface area contributed by atoms with Gasteiger partial charge in [-0.25, -0.2) is 0 Å². The van der Waals surface area contributed by atoms with E-state index in [1.807, 2.05) is 12.1 Å². The molecule has 2 heteroatoms. The lowest BCUT2D eigenvalue weighted by atomic mass is 9.91. The number of benzene rings is 7. The summed E-state index contributed by atoms with van der Waals surface area (Å²) in [6, 6.07) is 45.0. The van der Waals surface area contributed by atoms with Crippen LogP contribution in [-0.2, 0) is 0 Å². The normalized spacial score (nSPS) is 11.4. The topological polar surface area (TPSA) is 20.2 Å². The van der Waals surface area contributed by atoms with Crippen molar-refractivity contribution >= 4 is 48.2 Å². The SMILES string of the molecule is Cc1ccc(-c2ccc(-c3ccc4c5ccccc5c5ccccc5c4c3)cc2)cc1-c1c(O)cccc1Br. The van der Waals surface area contributed by atoms with E-state index in [1.165, 1.54) is 43.4 Å². The molecule has 7 aromatic carbocycles. The van der Waals surface area contributed by atoms with Gasteiger partial charge in [0.05, 0.1) is 0 Å². The smallest absolute Gasteiger partial charge is 0.124 e. The molecule has 39 heavy (non-hydrogen) atoms. The average Bonchev–Trinajstić information content (AvgIpc) is 2.98. The zero-order valence-electron chi connectivity index (χ0n) is 21.4. The summed E-state index contributed by atoms with van der Waals surface area (Å²) in [4.78, 5) is 0. The van der Waals surface area contributed by atoms with Crippen LogP contribution < -0.4 is 0 Å². The second-order valence-corrected chi connectivity index (χ2v) is 10.9. The summed E-state index contributed by atoms with van der Waals surface area (Å²) < 4.78 is 0.884. The van der Waals surface area contributed by atoms with Crippen molar-refractivity contribution in [1.29, 1.82) is 0 Å². The van der Waals surface area contributed by atoms with Gasteiger partial charge in [-0.15, -0.1) is 0 Å². The molecule has 0 atom stereocenters. The van der Waals surface area contributed by atoms with Gasteiger partial charge in [0.15, 0.2) is 0 Å². The molecule has 0 aliphatic heterocycles. The number of hydrogen-bond acceptors (Lipinski definition) is 1. The Hall–Kier alpha value is -4.40. The number of phenolic OH excluding ortho intramolecular Hbond substituents is 1. The van der Waals surface area contributed by atoms with Crippen LogP contribution in [0.2, 0.25) is 0 Å². The fourth-order valence-corrected chi connectivity index (χ4v) is 6.36. The summed E-state index contributed by atoms with van der Waals surface area (Å²) in [7, 11) is 0. The highest BCUT2D eigenvalue weighted by Crippen LogP contribution is 2.40. The molecule has 0 saturated carbocycles. The van der Waals surface area contributed by atoms with Crippen LogP contribution in [0.15, 0.2) is 132 Å². The third-order valence-corrected chi connectivity index (χ3v) is 8.46. The van der Waals surface area contributed by atoms with Gasteiger partial charge in [0.1, 0.15) is 5.75 Å². The van der Waals surface area contributed by atoms with E-state index in [4.69, 9.17) is 0 Å². The molecular formula is C37H25BrO. The van der Waals surface area contributed by atoms with Crippen LogP contribution in [-0.4, -0.2) is 5.11 Å². The Morgan fingerprint density at radius 3 is 1.54 bits per heavy atom. The lowest BCUT2D eigenvalue weighted by Crippen LogP contribution is -1.88. The molecule has 0 unspecified atom stereocenters. The van der Waals surface area contributed by atoms with Crippen molar-refractivity contribution in [3.8, 4) is 39.1 Å². The average molecular weight is 566 g/mol. The molecule has 7 aromatic rings. The van der Waals surface area contributed by atoms with E-state index in [2.05, 4.69) is 132 Å². The lowest BCUT2D eigenvalue weighted by molar-refractivity contribution is 0.477. The molecule has 0 radical (unpaired) electrons.